The first-order valence-corrected chi connectivity index (χ1v) is 8.27. The van der Waals surface area contributed by atoms with Gasteiger partial charge < -0.3 is 5.32 Å². The quantitative estimate of drug-likeness (QED) is 0.766. The van der Waals surface area contributed by atoms with Gasteiger partial charge in [0.05, 0.1) is 0 Å². The normalized spacial score (nSPS) is 25.9. The Morgan fingerprint density at radius 2 is 2.22 bits per heavy atom. The van der Waals surface area contributed by atoms with Crippen molar-refractivity contribution in [2.75, 3.05) is 6.54 Å². The Balaban J connectivity index is 2.16. The molecule has 3 unspecified atom stereocenters. The third kappa shape index (κ3) is 3.70. The highest BCUT2D eigenvalue weighted by Gasteiger charge is 2.27. The van der Waals surface area contributed by atoms with Crippen LogP contribution >= 0.6 is 22.6 Å². The average Bonchev–Trinajstić information content (AvgIpc) is 2.36. The van der Waals surface area contributed by atoms with Gasteiger partial charge in [-0.25, -0.2) is 0 Å². The Kier molecular flexibility index (Phi) is 5.49. The lowest BCUT2D eigenvalue weighted by Crippen LogP contribution is -2.31. The lowest BCUT2D eigenvalue weighted by molar-refractivity contribution is 0.225. The highest BCUT2D eigenvalue weighted by Crippen LogP contribution is 2.37. The standard InChI is InChI=1S/C16H24IN/c1-3-18-16(13-7-4-6-12(2)10-13)14-8-5-9-15(17)11-14/h5,8-9,11-13,16,18H,3-4,6-7,10H2,1-2H3. The van der Waals surface area contributed by atoms with Gasteiger partial charge in [-0.1, -0.05) is 38.8 Å². The van der Waals surface area contributed by atoms with Gasteiger partial charge in [0, 0.05) is 9.61 Å². The minimum atomic E-state index is 0.549. The molecular weight excluding hydrogens is 333 g/mol. The molecule has 0 radical (unpaired) electrons. The van der Waals surface area contributed by atoms with E-state index in [1.54, 1.807) is 0 Å². The fourth-order valence-electron chi connectivity index (χ4n) is 3.26. The maximum atomic E-state index is 3.71. The van der Waals surface area contributed by atoms with Crippen molar-refractivity contribution in [1.82, 2.24) is 5.32 Å². The van der Waals surface area contributed by atoms with Gasteiger partial charge in [0.15, 0.2) is 0 Å². The van der Waals surface area contributed by atoms with Crippen LogP contribution in [0.5, 0.6) is 0 Å². The Bertz CT molecular complexity index is 377. The van der Waals surface area contributed by atoms with E-state index < -0.39 is 0 Å². The van der Waals surface area contributed by atoms with Gasteiger partial charge in [-0.2, -0.15) is 0 Å². The van der Waals surface area contributed by atoms with Crippen molar-refractivity contribution in [2.45, 2.75) is 45.6 Å². The molecule has 0 amide bonds. The second-order valence-electron chi connectivity index (χ2n) is 5.62. The molecule has 0 saturated heterocycles. The van der Waals surface area contributed by atoms with Crippen molar-refractivity contribution in [2.24, 2.45) is 11.8 Å². The summed E-state index contributed by atoms with van der Waals surface area (Å²) in [6, 6.07) is 9.54. The number of halogens is 1. The summed E-state index contributed by atoms with van der Waals surface area (Å²) < 4.78 is 1.34. The number of hydrogen-bond donors (Lipinski definition) is 1. The molecule has 2 heteroatoms. The van der Waals surface area contributed by atoms with E-state index >= 15 is 0 Å². The molecular formula is C16H24IN. The van der Waals surface area contributed by atoms with Crippen LogP contribution in [0.3, 0.4) is 0 Å². The van der Waals surface area contributed by atoms with Gasteiger partial charge in [-0.3, -0.25) is 0 Å². The maximum Gasteiger partial charge on any atom is 0.0349 e. The largest absolute Gasteiger partial charge is 0.310 e. The Labute approximate surface area is 125 Å². The smallest absolute Gasteiger partial charge is 0.0349 e. The molecule has 0 spiro atoms. The molecule has 1 fully saturated rings. The van der Waals surface area contributed by atoms with Crippen LogP contribution < -0.4 is 5.32 Å². The molecule has 1 aromatic rings. The van der Waals surface area contributed by atoms with E-state index in [0.717, 1.165) is 18.4 Å². The Morgan fingerprint density at radius 1 is 1.39 bits per heavy atom. The third-order valence-corrected chi connectivity index (χ3v) is 4.75. The molecule has 1 aliphatic rings. The number of nitrogens with one attached hydrogen (secondary N) is 1. The molecule has 1 aromatic carbocycles. The van der Waals surface area contributed by atoms with E-state index in [4.69, 9.17) is 0 Å². The van der Waals surface area contributed by atoms with Crippen LogP contribution in [-0.2, 0) is 0 Å². The minimum absolute atomic E-state index is 0.549. The molecule has 1 aliphatic carbocycles. The number of benzene rings is 1. The minimum Gasteiger partial charge on any atom is -0.310 e. The summed E-state index contributed by atoms with van der Waals surface area (Å²) in [5.74, 6) is 1.71. The van der Waals surface area contributed by atoms with Crippen molar-refractivity contribution < 1.29 is 0 Å². The number of rotatable bonds is 4. The van der Waals surface area contributed by atoms with E-state index in [1.807, 2.05) is 0 Å². The lowest BCUT2D eigenvalue weighted by atomic mass is 9.76. The van der Waals surface area contributed by atoms with Crippen LogP contribution in [0.2, 0.25) is 0 Å². The summed E-state index contributed by atoms with van der Waals surface area (Å²) in [5.41, 5.74) is 1.47. The van der Waals surface area contributed by atoms with Gasteiger partial charge in [0.2, 0.25) is 0 Å². The summed E-state index contributed by atoms with van der Waals surface area (Å²) in [4.78, 5) is 0. The topological polar surface area (TPSA) is 12.0 Å². The maximum absolute atomic E-state index is 3.71. The lowest BCUT2D eigenvalue weighted by Gasteiger charge is -2.34. The molecule has 100 valence electrons. The van der Waals surface area contributed by atoms with E-state index in [2.05, 4.69) is 66.0 Å². The first-order chi connectivity index (χ1) is 8.70. The van der Waals surface area contributed by atoms with Crippen LogP contribution in [-0.4, -0.2) is 6.54 Å². The highest BCUT2D eigenvalue weighted by atomic mass is 127. The second-order valence-corrected chi connectivity index (χ2v) is 6.87. The molecule has 0 bridgehead atoms. The fourth-order valence-corrected chi connectivity index (χ4v) is 3.83. The van der Waals surface area contributed by atoms with Crippen LogP contribution in [0.1, 0.15) is 51.1 Å². The zero-order valence-electron chi connectivity index (χ0n) is 11.5. The SMILES string of the molecule is CCNC(c1cccc(I)c1)C1CCCC(C)C1. The van der Waals surface area contributed by atoms with Crippen molar-refractivity contribution >= 4 is 22.6 Å². The molecule has 0 heterocycles. The van der Waals surface area contributed by atoms with Crippen LogP contribution in [0.15, 0.2) is 24.3 Å². The molecule has 0 aliphatic heterocycles. The monoisotopic (exact) mass is 357 g/mol. The van der Waals surface area contributed by atoms with E-state index in [-0.39, 0.29) is 0 Å². The Hall–Kier alpha value is -0.0900. The fraction of sp³-hybridized carbons (Fsp3) is 0.625. The molecule has 18 heavy (non-hydrogen) atoms. The summed E-state index contributed by atoms with van der Waals surface area (Å²) >= 11 is 2.41. The summed E-state index contributed by atoms with van der Waals surface area (Å²) in [6.45, 7) is 5.68. The van der Waals surface area contributed by atoms with E-state index in [0.29, 0.717) is 6.04 Å². The summed E-state index contributed by atoms with van der Waals surface area (Å²) in [6.07, 6.45) is 5.58. The molecule has 1 N–H and O–H groups in total. The third-order valence-electron chi connectivity index (χ3n) is 4.08. The van der Waals surface area contributed by atoms with Crippen molar-refractivity contribution in [3.05, 3.63) is 33.4 Å². The van der Waals surface area contributed by atoms with Gasteiger partial charge in [0.25, 0.3) is 0 Å². The van der Waals surface area contributed by atoms with Crippen molar-refractivity contribution in [1.29, 1.82) is 0 Å². The zero-order valence-corrected chi connectivity index (χ0v) is 13.6. The summed E-state index contributed by atoms with van der Waals surface area (Å²) in [7, 11) is 0. The van der Waals surface area contributed by atoms with Gasteiger partial charge in [0.1, 0.15) is 0 Å². The van der Waals surface area contributed by atoms with Crippen LogP contribution in [0.4, 0.5) is 0 Å². The number of hydrogen-bond acceptors (Lipinski definition) is 1. The molecule has 1 nitrogen and oxygen atoms in total. The van der Waals surface area contributed by atoms with Crippen molar-refractivity contribution in [3.8, 4) is 0 Å². The molecule has 1 saturated carbocycles. The molecule has 3 atom stereocenters. The highest BCUT2D eigenvalue weighted by molar-refractivity contribution is 14.1. The van der Waals surface area contributed by atoms with E-state index in [1.165, 1.54) is 34.8 Å². The predicted octanol–water partition coefficient (Wildman–Crippen LogP) is 4.77. The van der Waals surface area contributed by atoms with Gasteiger partial charge >= 0.3 is 0 Å². The van der Waals surface area contributed by atoms with Gasteiger partial charge in [-0.05, 0) is 71.5 Å². The second kappa shape index (κ2) is 6.90. The first-order valence-electron chi connectivity index (χ1n) is 7.19. The Morgan fingerprint density at radius 3 is 2.89 bits per heavy atom. The first kappa shape index (κ1) is 14.3. The van der Waals surface area contributed by atoms with Crippen LogP contribution in [0.25, 0.3) is 0 Å². The van der Waals surface area contributed by atoms with E-state index in [9.17, 15) is 0 Å². The predicted molar refractivity (Wildman–Crippen MR) is 86.7 cm³/mol. The summed E-state index contributed by atoms with van der Waals surface area (Å²) in [5, 5.41) is 3.71. The average molecular weight is 357 g/mol. The van der Waals surface area contributed by atoms with Crippen molar-refractivity contribution in [3.63, 3.8) is 0 Å². The molecule has 2 rings (SSSR count). The van der Waals surface area contributed by atoms with Crippen LogP contribution in [0, 0.1) is 15.4 Å². The zero-order chi connectivity index (χ0) is 13.0. The van der Waals surface area contributed by atoms with Gasteiger partial charge in [-0.15, -0.1) is 0 Å². The molecule has 0 aromatic heterocycles.